The largest absolute Gasteiger partial charge is 0.309 e. The molecular weight excluding hydrogens is 353 g/mol. The predicted molar refractivity (Wildman–Crippen MR) is 89.4 cm³/mol. The van der Waals surface area contributed by atoms with Gasteiger partial charge in [-0.3, -0.25) is 19.3 Å². The lowest BCUT2D eigenvalue weighted by molar-refractivity contribution is -0.116. The SMILES string of the molecule is Cc1cccc(NC(=O)CN2C(=O)c3cc(Cl)c(Cl)cc3C2=O)n1. The first-order valence-corrected chi connectivity index (χ1v) is 7.71. The minimum Gasteiger partial charge on any atom is -0.309 e. The summed E-state index contributed by atoms with van der Waals surface area (Å²) in [6, 6.07) is 7.81. The van der Waals surface area contributed by atoms with Gasteiger partial charge in [0.25, 0.3) is 11.8 Å². The predicted octanol–water partition coefficient (Wildman–Crippen LogP) is 2.93. The van der Waals surface area contributed by atoms with E-state index in [1.807, 2.05) is 0 Å². The zero-order valence-corrected chi connectivity index (χ0v) is 14.0. The lowest BCUT2D eigenvalue weighted by atomic mass is 10.1. The molecule has 1 aliphatic heterocycles. The van der Waals surface area contributed by atoms with Crippen molar-refractivity contribution >= 4 is 46.7 Å². The van der Waals surface area contributed by atoms with Crippen molar-refractivity contribution in [2.75, 3.05) is 11.9 Å². The Morgan fingerprint density at radius 2 is 1.71 bits per heavy atom. The molecule has 0 bridgehead atoms. The van der Waals surface area contributed by atoms with Crippen LogP contribution in [0.25, 0.3) is 0 Å². The van der Waals surface area contributed by atoms with Crippen molar-refractivity contribution in [3.05, 3.63) is 57.2 Å². The summed E-state index contributed by atoms with van der Waals surface area (Å²) >= 11 is 11.8. The standard InChI is InChI=1S/C16H11Cl2N3O3/c1-8-3-2-4-13(19-8)20-14(22)7-21-15(23)9-5-11(17)12(18)6-10(9)16(21)24/h2-6H,7H2,1H3,(H,19,20,22). The quantitative estimate of drug-likeness (QED) is 0.850. The fraction of sp³-hybridized carbons (Fsp3) is 0.125. The van der Waals surface area contributed by atoms with E-state index in [-0.39, 0.29) is 21.2 Å². The van der Waals surface area contributed by atoms with Crippen LogP contribution in [0.4, 0.5) is 5.82 Å². The van der Waals surface area contributed by atoms with Crippen LogP contribution in [0.15, 0.2) is 30.3 Å². The Bertz CT molecular complexity index is 842. The van der Waals surface area contributed by atoms with Crippen LogP contribution in [0, 0.1) is 6.92 Å². The van der Waals surface area contributed by atoms with Gasteiger partial charge in [-0.25, -0.2) is 4.98 Å². The molecule has 0 atom stereocenters. The molecule has 8 heteroatoms. The molecule has 3 amide bonds. The Balaban J connectivity index is 1.78. The van der Waals surface area contributed by atoms with Crippen molar-refractivity contribution in [3.63, 3.8) is 0 Å². The molecule has 0 spiro atoms. The number of halogens is 2. The van der Waals surface area contributed by atoms with Crippen molar-refractivity contribution in [2.24, 2.45) is 0 Å². The highest BCUT2D eigenvalue weighted by atomic mass is 35.5. The van der Waals surface area contributed by atoms with Gasteiger partial charge in [0.1, 0.15) is 12.4 Å². The van der Waals surface area contributed by atoms with Gasteiger partial charge in [0.05, 0.1) is 21.2 Å². The van der Waals surface area contributed by atoms with Crippen molar-refractivity contribution in [3.8, 4) is 0 Å². The molecule has 3 rings (SSSR count). The lowest BCUT2D eigenvalue weighted by Crippen LogP contribution is -2.37. The molecule has 0 saturated heterocycles. The molecule has 0 radical (unpaired) electrons. The molecule has 0 aliphatic carbocycles. The van der Waals surface area contributed by atoms with E-state index < -0.39 is 24.3 Å². The van der Waals surface area contributed by atoms with Crippen LogP contribution in [0.3, 0.4) is 0 Å². The molecule has 2 aromatic rings. The number of anilines is 1. The summed E-state index contributed by atoms with van der Waals surface area (Å²) in [5, 5.41) is 2.90. The van der Waals surface area contributed by atoms with Crippen LogP contribution in [0.2, 0.25) is 10.0 Å². The number of aromatic nitrogens is 1. The molecule has 6 nitrogen and oxygen atoms in total. The monoisotopic (exact) mass is 363 g/mol. The second-order valence-electron chi connectivity index (χ2n) is 5.22. The molecule has 1 aromatic heterocycles. The molecule has 1 aromatic carbocycles. The number of pyridine rings is 1. The number of hydrogen-bond acceptors (Lipinski definition) is 4. The molecule has 122 valence electrons. The van der Waals surface area contributed by atoms with E-state index in [1.165, 1.54) is 12.1 Å². The Morgan fingerprint density at radius 3 is 2.25 bits per heavy atom. The van der Waals surface area contributed by atoms with Gasteiger partial charge in [-0.1, -0.05) is 29.3 Å². The maximum Gasteiger partial charge on any atom is 0.262 e. The van der Waals surface area contributed by atoms with E-state index in [0.717, 1.165) is 10.6 Å². The summed E-state index contributed by atoms with van der Waals surface area (Å²) in [5.41, 5.74) is 1.00. The van der Waals surface area contributed by atoms with Crippen LogP contribution >= 0.6 is 23.2 Å². The third-order valence-corrected chi connectivity index (χ3v) is 4.19. The van der Waals surface area contributed by atoms with Gasteiger partial charge in [0.15, 0.2) is 0 Å². The second-order valence-corrected chi connectivity index (χ2v) is 6.04. The number of rotatable bonds is 3. The van der Waals surface area contributed by atoms with Gasteiger partial charge in [-0.05, 0) is 31.2 Å². The fourth-order valence-electron chi connectivity index (χ4n) is 2.37. The zero-order chi connectivity index (χ0) is 17.4. The van der Waals surface area contributed by atoms with Crippen molar-refractivity contribution in [1.82, 2.24) is 9.88 Å². The van der Waals surface area contributed by atoms with Crippen LogP contribution in [0.1, 0.15) is 26.4 Å². The van der Waals surface area contributed by atoms with E-state index in [1.54, 1.807) is 25.1 Å². The number of benzene rings is 1. The summed E-state index contributed by atoms with van der Waals surface area (Å²) in [7, 11) is 0. The first-order chi connectivity index (χ1) is 11.4. The number of nitrogens with one attached hydrogen (secondary N) is 1. The highest BCUT2D eigenvalue weighted by Crippen LogP contribution is 2.31. The third-order valence-electron chi connectivity index (χ3n) is 3.47. The molecule has 0 saturated carbocycles. The summed E-state index contributed by atoms with van der Waals surface area (Å²) in [6.45, 7) is 1.37. The van der Waals surface area contributed by atoms with Crippen LogP contribution < -0.4 is 5.32 Å². The van der Waals surface area contributed by atoms with Gasteiger partial charge in [0, 0.05) is 5.69 Å². The molecule has 24 heavy (non-hydrogen) atoms. The number of carbonyl (C=O) groups excluding carboxylic acids is 3. The van der Waals surface area contributed by atoms with Gasteiger partial charge < -0.3 is 5.32 Å². The van der Waals surface area contributed by atoms with E-state index in [0.29, 0.717) is 5.82 Å². The molecule has 2 heterocycles. The van der Waals surface area contributed by atoms with Gasteiger partial charge >= 0.3 is 0 Å². The average molecular weight is 364 g/mol. The highest BCUT2D eigenvalue weighted by molar-refractivity contribution is 6.43. The van der Waals surface area contributed by atoms with Crippen molar-refractivity contribution in [2.45, 2.75) is 6.92 Å². The Hall–Kier alpha value is -2.44. The van der Waals surface area contributed by atoms with Gasteiger partial charge in [-0.2, -0.15) is 0 Å². The number of carbonyl (C=O) groups is 3. The summed E-state index contributed by atoms with van der Waals surface area (Å²) in [5.74, 6) is -1.34. The van der Waals surface area contributed by atoms with E-state index in [2.05, 4.69) is 10.3 Å². The van der Waals surface area contributed by atoms with Crippen LogP contribution in [0.5, 0.6) is 0 Å². The minimum absolute atomic E-state index is 0.135. The fourth-order valence-corrected chi connectivity index (χ4v) is 2.69. The second kappa shape index (κ2) is 6.22. The van der Waals surface area contributed by atoms with Crippen molar-refractivity contribution in [1.29, 1.82) is 0 Å². The first kappa shape index (κ1) is 16.4. The average Bonchev–Trinajstić information content (AvgIpc) is 2.73. The maximum absolute atomic E-state index is 12.3. The molecule has 1 aliphatic rings. The number of imide groups is 1. The number of hydrogen-bond donors (Lipinski definition) is 1. The third kappa shape index (κ3) is 2.98. The first-order valence-electron chi connectivity index (χ1n) is 6.95. The summed E-state index contributed by atoms with van der Waals surface area (Å²) in [6.07, 6.45) is 0. The number of nitrogens with zero attached hydrogens (tertiary/aromatic N) is 2. The van der Waals surface area contributed by atoms with Gasteiger partial charge in [0.2, 0.25) is 5.91 Å². The maximum atomic E-state index is 12.3. The smallest absolute Gasteiger partial charge is 0.262 e. The van der Waals surface area contributed by atoms with E-state index >= 15 is 0 Å². The highest BCUT2D eigenvalue weighted by Gasteiger charge is 2.37. The van der Waals surface area contributed by atoms with Gasteiger partial charge in [-0.15, -0.1) is 0 Å². The van der Waals surface area contributed by atoms with E-state index in [9.17, 15) is 14.4 Å². The molecule has 0 unspecified atom stereocenters. The number of amides is 3. The molecule has 1 N–H and O–H groups in total. The van der Waals surface area contributed by atoms with Crippen molar-refractivity contribution < 1.29 is 14.4 Å². The summed E-state index contributed by atoms with van der Waals surface area (Å²) < 4.78 is 0. The minimum atomic E-state index is -0.582. The Kier molecular flexibility index (Phi) is 4.26. The summed E-state index contributed by atoms with van der Waals surface area (Å²) in [4.78, 5) is 41.7. The molecular formula is C16H11Cl2N3O3. The number of fused-ring (bicyclic) bond motifs is 1. The number of aryl methyl sites for hydroxylation is 1. The van der Waals surface area contributed by atoms with Crippen LogP contribution in [-0.4, -0.2) is 34.2 Å². The van der Waals surface area contributed by atoms with E-state index in [4.69, 9.17) is 23.2 Å². The Labute approximate surface area is 147 Å². The topological polar surface area (TPSA) is 79.4 Å². The lowest BCUT2D eigenvalue weighted by Gasteiger charge is -2.13. The van der Waals surface area contributed by atoms with Crippen LogP contribution in [-0.2, 0) is 4.79 Å². The zero-order valence-electron chi connectivity index (χ0n) is 12.5. The Morgan fingerprint density at radius 1 is 1.12 bits per heavy atom. The molecule has 0 fully saturated rings. The normalized spacial score (nSPS) is 13.2.